The molecule has 1 aromatic carbocycles. The van der Waals surface area contributed by atoms with Gasteiger partial charge in [0.05, 0.1) is 30.2 Å². The normalized spacial score (nSPS) is 15.3. The average molecular weight is 620 g/mol. The van der Waals surface area contributed by atoms with Crippen molar-refractivity contribution in [2.75, 3.05) is 40.3 Å². The van der Waals surface area contributed by atoms with Gasteiger partial charge in [-0.1, -0.05) is 13.0 Å². The highest BCUT2D eigenvalue weighted by atomic mass is 32.2. The van der Waals surface area contributed by atoms with Gasteiger partial charge in [-0.25, -0.2) is 14.1 Å². The number of ether oxygens (including phenoxy) is 3. The molecular formula is C29H35F2N5O6S. The number of piperidine rings is 1. The Morgan fingerprint density at radius 3 is 2.49 bits per heavy atom. The van der Waals surface area contributed by atoms with Crippen LogP contribution in [0.1, 0.15) is 48.3 Å². The van der Waals surface area contributed by atoms with E-state index in [0.29, 0.717) is 43.2 Å². The predicted molar refractivity (Wildman–Crippen MR) is 154 cm³/mol. The number of nitrogens with one attached hydrogen (secondary N) is 1. The maximum absolute atomic E-state index is 15.0. The fourth-order valence-corrected chi connectivity index (χ4v) is 5.52. The molecule has 2 aromatic heterocycles. The smallest absolute Gasteiger partial charge is 0.304 e. The second-order valence-corrected chi connectivity index (χ2v) is 11.8. The Balaban J connectivity index is 1.36. The quantitative estimate of drug-likeness (QED) is 0.301. The van der Waals surface area contributed by atoms with Gasteiger partial charge in [-0.05, 0) is 63.7 Å². The maximum atomic E-state index is 15.0. The van der Waals surface area contributed by atoms with Crippen LogP contribution in [0.4, 0.5) is 8.78 Å². The van der Waals surface area contributed by atoms with Crippen molar-refractivity contribution in [1.29, 1.82) is 0 Å². The van der Waals surface area contributed by atoms with E-state index in [1.165, 1.54) is 6.20 Å². The molecule has 1 saturated heterocycles. The van der Waals surface area contributed by atoms with Gasteiger partial charge in [0.2, 0.25) is 11.7 Å². The fraction of sp³-hybridized carbons (Fsp3) is 0.414. The highest BCUT2D eigenvalue weighted by Crippen LogP contribution is 2.30. The van der Waals surface area contributed by atoms with E-state index in [-0.39, 0.29) is 19.2 Å². The van der Waals surface area contributed by atoms with Crippen LogP contribution in [0, 0.1) is 11.6 Å². The molecule has 14 heteroatoms. The third kappa shape index (κ3) is 8.66. The molecule has 232 valence electrons. The van der Waals surface area contributed by atoms with Gasteiger partial charge in [-0.15, -0.1) is 0 Å². The van der Waals surface area contributed by atoms with Gasteiger partial charge in [-0.2, -0.15) is 17.1 Å². The van der Waals surface area contributed by atoms with Crippen LogP contribution < -0.4 is 14.2 Å². The molecule has 0 aliphatic carbocycles. The topological polar surface area (TPSA) is 123 Å². The van der Waals surface area contributed by atoms with Gasteiger partial charge in [-0.3, -0.25) is 9.78 Å². The van der Waals surface area contributed by atoms with E-state index >= 15 is 4.39 Å². The van der Waals surface area contributed by atoms with E-state index in [2.05, 4.69) is 9.97 Å². The van der Waals surface area contributed by atoms with Crippen molar-refractivity contribution < 1.29 is 36.2 Å². The van der Waals surface area contributed by atoms with Gasteiger partial charge in [0.1, 0.15) is 11.9 Å². The summed E-state index contributed by atoms with van der Waals surface area (Å²) in [5.41, 5.74) is -0.326. The first-order chi connectivity index (χ1) is 20.6. The van der Waals surface area contributed by atoms with E-state index in [4.69, 9.17) is 14.2 Å². The molecule has 43 heavy (non-hydrogen) atoms. The van der Waals surface area contributed by atoms with Crippen molar-refractivity contribution in [3.8, 4) is 17.4 Å². The zero-order valence-corrected chi connectivity index (χ0v) is 25.0. The summed E-state index contributed by atoms with van der Waals surface area (Å²) in [5, 5.41) is 0. The van der Waals surface area contributed by atoms with Gasteiger partial charge in [0, 0.05) is 31.9 Å². The third-order valence-corrected chi connectivity index (χ3v) is 8.22. The number of nitrogens with zero attached hydrogens (tertiary/aromatic N) is 4. The molecule has 3 heterocycles. The second-order valence-electron chi connectivity index (χ2n) is 10.2. The lowest BCUT2D eigenvalue weighted by Crippen LogP contribution is -2.48. The Labute approximate surface area is 250 Å². The molecule has 0 spiro atoms. The number of amides is 1. The molecule has 1 atom stereocenters. The summed E-state index contributed by atoms with van der Waals surface area (Å²) in [4.78, 5) is 23.1. The molecule has 0 radical (unpaired) electrons. The first-order valence-electron chi connectivity index (χ1n) is 13.9. The Morgan fingerprint density at radius 2 is 1.86 bits per heavy atom. The number of likely N-dealkylation sites (N-methyl/N-ethyl adjacent to an activating group) is 1. The van der Waals surface area contributed by atoms with Gasteiger partial charge in [0.15, 0.2) is 11.6 Å². The molecule has 4 rings (SSSR count). The van der Waals surface area contributed by atoms with Gasteiger partial charge < -0.3 is 19.1 Å². The summed E-state index contributed by atoms with van der Waals surface area (Å²) in [6.07, 6.45) is 3.48. The van der Waals surface area contributed by atoms with Gasteiger partial charge >= 0.3 is 10.2 Å². The Morgan fingerprint density at radius 1 is 1.09 bits per heavy atom. The van der Waals surface area contributed by atoms with Crippen LogP contribution in [-0.4, -0.2) is 79.9 Å². The molecule has 0 unspecified atom stereocenters. The first kappa shape index (κ1) is 32.2. The molecule has 3 aromatic rings. The van der Waals surface area contributed by atoms with Crippen LogP contribution in [-0.2, 0) is 14.9 Å². The van der Waals surface area contributed by atoms with E-state index in [0.717, 1.165) is 23.0 Å². The minimum Gasteiger partial charge on any atom is -0.481 e. The van der Waals surface area contributed by atoms with Crippen LogP contribution in [0.5, 0.6) is 17.4 Å². The molecule has 1 aliphatic rings. The molecule has 1 aliphatic heterocycles. The summed E-state index contributed by atoms with van der Waals surface area (Å²) < 4.78 is 75.6. The summed E-state index contributed by atoms with van der Waals surface area (Å²) in [6.45, 7) is 3.30. The molecular weight excluding hydrogens is 584 g/mol. The first-order valence-corrected chi connectivity index (χ1v) is 15.3. The molecule has 1 fully saturated rings. The van der Waals surface area contributed by atoms with Gasteiger partial charge in [0.25, 0.3) is 5.91 Å². The number of hydrogen-bond donors (Lipinski definition) is 1. The number of carbonyl (C=O) groups excluding carboxylic acids is 1. The van der Waals surface area contributed by atoms with Crippen molar-refractivity contribution in [3.63, 3.8) is 0 Å². The molecule has 1 amide bonds. The zero-order valence-electron chi connectivity index (χ0n) is 24.2. The minimum atomic E-state index is -4.28. The Kier molecular flexibility index (Phi) is 11.0. The molecule has 0 saturated carbocycles. The number of rotatable bonds is 13. The summed E-state index contributed by atoms with van der Waals surface area (Å²) in [6, 6.07) is 10.6. The SMILES string of the molecule is CC[C@@H](Oc1ccc(C(=O)NS(=O)(=O)N2CCC(OCCN(C)C)CC2)c(F)c1F)c1ccc(Oc2ccccn2)cn1. The number of carbonyl (C=O) groups is 1. The van der Waals surface area contributed by atoms with E-state index in [1.807, 2.05) is 23.7 Å². The standard InChI is InChI=1S/C29H35F2N5O6S/c1-4-24(23-10-8-21(19-33-23)41-26-7-5-6-14-32-26)42-25-11-9-22(27(30)28(25)31)29(37)34-43(38,39)36-15-12-20(13-16-36)40-18-17-35(2)3/h5-11,14,19-20,24H,4,12-13,15-18H2,1-3H3,(H,34,37)/t24-/m1/s1. The fourth-order valence-electron chi connectivity index (χ4n) is 4.35. The van der Waals surface area contributed by atoms with Crippen LogP contribution in [0.25, 0.3) is 0 Å². The highest BCUT2D eigenvalue weighted by Gasteiger charge is 2.31. The lowest BCUT2D eigenvalue weighted by molar-refractivity contribution is 0.0147. The van der Waals surface area contributed by atoms with Crippen LogP contribution in [0.15, 0.2) is 54.9 Å². The number of benzene rings is 1. The minimum absolute atomic E-state index is 0.0961. The van der Waals surface area contributed by atoms with Crippen molar-refractivity contribution in [1.82, 2.24) is 23.9 Å². The van der Waals surface area contributed by atoms with Crippen LogP contribution >= 0.6 is 0 Å². The largest absolute Gasteiger partial charge is 0.481 e. The predicted octanol–water partition coefficient (Wildman–Crippen LogP) is 4.09. The Hall–Kier alpha value is -3.72. The Bertz CT molecular complexity index is 1470. The van der Waals surface area contributed by atoms with Crippen LogP contribution in [0.3, 0.4) is 0 Å². The van der Waals surface area contributed by atoms with Crippen LogP contribution in [0.2, 0.25) is 0 Å². The van der Waals surface area contributed by atoms with E-state index in [1.54, 1.807) is 43.5 Å². The third-order valence-electron chi connectivity index (χ3n) is 6.74. The van der Waals surface area contributed by atoms with Crippen molar-refractivity contribution >= 4 is 16.1 Å². The molecule has 11 nitrogen and oxygen atoms in total. The van der Waals surface area contributed by atoms with Crippen molar-refractivity contribution in [2.45, 2.75) is 38.4 Å². The number of aromatic nitrogens is 2. The average Bonchev–Trinajstić information content (AvgIpc) is 2.99. The van der Waals surface area contributed by atoms with E-state index in [9.17, 15) is 17.6 Å². The molecule has 0 bridgehead atoms. The molecule has 1 N–H and O–H groups in total. The summed E-state index contributed by atoms with van der Waals surface area (Å²) in [7, 11) is -0.427. The lowest BCUT2D eigenvalue weighted by Gasteiger charge is -2.31. The highest BCUT2D eigenvalue weighted by molar-refractivity contribution is 7.87. The lowest BCUT2D eigenvalue weighted by atomic mass is 10.1. The summed E-state index contributed by atoms with van der Waals surface area (Å²) >= 11 is 0. The maximum Gasteiger partial charge on any atom is 0.304 e. The zero-order chi connectivity index (χ0) is 31.0. The second kappa shape index (κ2) is 14.6. The number of pyridine rings is 2. The number of halogens is 2. The number of hydrogen-bond acceptors (Lipinski definition) is 9. The van der Waals surface area contributed by atoms with E-state index < -0.39 is 45.2 Å². The summed E-state index contributed by atoms with van der Waals surface area (Å²) in [5.74, 6) is -3.87. The monoisotopic (exact) mass is 619 g/mol. The van der Waals surface area contributed by atoms with Crippen molar-refractivity contribution in [3.05, 3.63) is 77.8 Å². The van der Waals surface area contributed by atoms with Crippen molar-refractivity contribution in [2.24, 2.45) is 0 Å².